The SMILES string of the molecule is CC1(F)CCN(C(=O)c2cc3n(n2)CCO3)C1. The fourth-order valence-electron chi connectivity index (χ4n) is 2.28. The maximum atomic E-state index is 13.7. The van der Waals surface area contributed by atoms with E-state index in [-0.39, 0.29) is 12.5 Å². The Hall–Kier alpha value is -1.59. The van der Waals surface area contributed by atoms with Crippen molar-refractivity contribution in [3.63, 3.8) is 0 Å². The minimum atomic E-state index is -1.27. The molecule has 1 amide bonds. The van der Waals surface area contributed by atoms with Crippen molar-refractivity contribution in [3.8, 4) is 5.88 Å². The van der Waals surface area contributed by atoms with Crippen molar-refractivity contribution in [3.05, 3.63) is 11.8 Å². The molecular formula is C11H14FN3O2. The number of alkyl halides is 1. The lowest BCUT2D eigenvalue weighted by molar-refractivity contribution is 0.0753. The number of halogens is 1. The van der Waals surface area contributed by atoms with Gasteiger partial charge in [0.15, 0.2) is 5.69 Å². The van der Waals surface area contributed by atoms with Crippen LogP contribution in [0.4, 0.5) is 4.39 Å². The molecule has 1 atom stereocenters. The van der Waals surface area contributed by atoms with E-state index in [1.54, 1.807) is 10.7 Å². The Kier molecular flexibility index (Phi) is 2.14. The summed E-state index contributed by atoms with van der Waals surface area (Å²) in [6.45, 7) is 3.40. The highest BCUT2D eigenvalue weighted by molar-refractivity contribution is 5.92. The van der Waals surface area contributed by atoms with Crippen LogP contribution in [-0.4, -0.2) is 46.0 Å². The Morgan fingerprint density at radius 3 is 3.06 bits per heavy atom. The number of amides is 1. The van der Waals surface area contributed by atoms with E-state index in [4.69, 9.17) is 4.74 Å². The van der Waals surface area contributed by atoms with Crippen molar-refractivity contribution >= 4 is 5.91 Å². The maximum absolute atomic E-state index is 13.7. The first-order valence-electron chi connectivity index (χ1n) is 5.74. The van der Waals surface area contributed by atoms with Crippen LogP contribution in [0.3, 0.4) is 0 Å². The quantitative estimate of drug-likeness (QED) is 0.730. The number of ether oxygens (including phenoxy) is 1. The summed E-state index contributed by atoms with van der Waals surface area (Å²) in [7, 11) is 0. The molecule has 0 N–H and O–H groups in total. The molecule has 1 aromatic rings. The lowest BCUT2D eigenvalue weighted by atomic mass is 10.1. The lowest BCUT2D eigenvalue weighted by Gasteiger charge is -2.16. The van der Waals surface area contributed by atoms with E-state index < -0.39 is 5.67 Å². The summed E-state index contributed by atoms with van der Waals surface area (Å²) in [5.41, 5.74) is -0.924. The van der Waals surface area contributed by atoms with E-state index >= 15 is 0 Å². The smallest absolute Gasteiger partial charge is 0.274 e. The van der Waals surface area contributed by atoms with Crippen LogP contribution in [0.25, 0.3) is 0 Å². The Bertz CT molecular complexity index is 448. The van der Waals surface area contributed by atoms with Crippen LogP contribution in [0.5, 0.6) is 5.88 Å². The van der Waals surface area contributed by atoms with Crippen molar-refractivity contribution in [1.82, 2.24) is 14.7 Å². The van der Waals surface area contributed by atoms with Gasteiger partial charge in [0, 0.05) is 19.0 Å². The maximum Gasteiger partial charge on any atom is 0.274 e. The largest absolute Gasteiger partial charge is 0.476 e. The third-order valence-electron chi connectivity index (χ3n) is 3.23. The average Bonchev–Trinajstić information content (AvgIpc) is 2.89. The number of nitrogens with zero attached hydrogens (tertiary/aromatic N) is 3. The van der Waals surface area contributed by atoms with E-state index in [9.17, 15) is 9.18 Å². The molecule has 0 radical (unpaired) electrons. The minimum absolute atomic E-state index is 0.148. The number of aromatic nitrogens is 2. The van der Waals surface area contributed by atoms with Crippen LogP contribution in [0.2, 0.25) is 0 Å². The van der Waals surface area contributed by atoms with E-state index in [1.807, 2.05) is 0 Å². The van der Waals surface area contributed by atoms with Crippen LogP contribution in [0.1, 0.15) is 23.8 Å². The predicted octanol–water partition coefficient (Wildman–Crippen LogP) is 0.850. The van der Waals surface area contributed by atoms with Gasteiger partial charge >= 0.3 is 0 Å². The van der Waals surface area contributed by atoms with Crippen molar-refractivity contribution in [2.45, 2.75) is 25.6 Å². The van der Waals surface area contributed by atoms with Crippen LogP contribution in [0.15, 0.2) is 6.07 Å². The minimum Gasteiger partial charge on any atom is -0.476 e. The predicted molar refractivity (Wildman–Crippen MR) is 57.8 cm³/mol. The molecule has 1 fully saturated rings. The van der Waals surface area contributed by atoms with E-state index in [0.717, 1.165) is 0 Å². The fraction of sp³-hybridized carbons (Fsp3) is 0.636. The van der Waals surface area contributed by atoms with Gasteiger partial charge in [0.05, 0.1) is 13.1 Å². The summed E-state index contributed by atoms with van der Waals surface area (Å²) < 4.78 is 20.6. The highest BCUT2D eigenvalue weighted by Gasteiger charge is 2.37. The van der Waals surface area contributed by atoms with Gasteiger partial charge in [-0.2, -0.15) is 5.10 Å². The molecule has 1 unspecified atom stereocenters. The van der Waals surface area contributed by atoms with E-state index in [1.165, 1.54) is 11.8 Å². The topological polar surface area (TPSA) is 47.4 Å². The van der Waals surface area contributed by atoms with Crippen molar-refractivity contribution in [1.29, 1.82) is 0 Å². The van der Waals surface area contributed by atoms with E-state index in [2.05, 4.69) is 5.10 Å². The highest BCUT2D eigenvalue weighted by Crippen LogP contribution is 2.27. The number of likely N-dealkylation sites (tertiary alicyclic amines) is 1. The Morgan fingerprint density at radius 2 is 2.41 bits per heavy atom. The van der Waals surface area contributed by atoms with Crippen LogP contribution in [-0.2, 0) is 6.54 Å². The van der Waals surface area contributed by atoms with Crippen LogP contribution < -0.4 is 4.74 Å². The van der Waals surface area contributed by atoms with Gasteiger partial charge in [-0.15, -0.1) is 0 Å². The van der Waals surface area contributed by atoms with Crippen molar-refractivity contribution in [2.24, 2.45) is 0 Å². The number of carbonyl (C=O) groups excluding carboxylic acids is 1. The molecule has 3 rings (SSSR count). The van der Waals surface area contributed by atoms with Gasteiger partial charge in [0.2, 0.25) is 5.88 Å². The molecule has 0 bridgehead atoms. The molecular weight excluding hydrogens is 225 g/mol. The number of hydrogen-bond acceptors (Lipinski definition) is 3. The summed E-state index contributed by atoms with van der Waals surface area (Å²) in [6.07, 6.45) is 0.392. The Morgan fingerprint density at radius 1 is 1.59 bits per heavy atom. The van der Waals surface area contributed by atoms with Crippen molar-refractivity contribution in [2.75, 3.05) is 19.7 Å². The van der Waals surface area contributed by atoms with Gasteiger partial charge in [-0.05, 0) is 6.92 Å². The second-order valence-electron chi connectivity index (χ2n) is 4.83. The molecule has 3 heterocycles. The zero-order valence-corrected chi connectivity index (χ0v) is 9.65. The number of hydrogen-bond donors (Lipinski definition) is 0. The van der Waals surface area contributed by atoms with Gasteiger partial charge in [-0.1, -0.05) is 0 Å². The fourth-order valence-corrected chi connectivity index (χ4v) is 2.28. The number of rotatable bonds is 1. The molecule has 1 aromatic heterocycles. The van der Waals surface area contributed by atoms with Gasteiger partial charge in [-0.25, -0.2) is 9.07 Å². The van der Waals surface area contributed by atoms with Crippen LogP contribution in [0, 0.1) is 0 Å². The summed E-state index contributed by atoms with van der Waals surface area (Å²) in [5.74, 6) is 0.410. The molecule has 2 aliphatic heterocycles. The van der Waals surface area contributed by atoms with Crippen molar-refractivity contribution < 1.29 is 13.9 Å². The number of carbonyl (C=O) groups is 1. The molecule has 2 aliphatic rings. The molecule has 17 heavy (non-hydrogen) atoms. The zero-order valence-electron chi connectivity index (χ0n) is 9.65. The summed E-state index contributed by atoms with van der Waals surface area (Å²) >= 11 is 0. The second-order valence-corrected chi connectivity index (χ2v) is 4.83. The molecule has 5 nitrogen and oxygen atoms in total. The standard InChI is InChI=1S/C11H14FN3O2/c1-11(12)2-3-14(7-11)10(16)8-6-9-15(13-8)4-5-17-9/h6H,2-5,7H2,1H3. The molecule has 0 aliphatic carbocycles. The van der Waals surface area contributed by atoms with Crippen LogP contribution >= 0.6 is 0 Å². The van der Waals surface area contributed by atoms with Gasteiger partial charge in [0.1, 0.15) is 12.3 Å². The van der Waals surface area contributed by atoms with E-state index in [0.29, 0.717) is 37.7 Å². The molecule has 0 spiro atoms. The first kappa shape index (κ1) is 10.6. The second kappa shape index (κ2) is 3.45. The first-order chi connectivity index (χ1) is 8.05. The van der Waals surface area contributed by atoms with Gasteiger partial charge in [0.25, 0.3) is 5.91 Å². The Balaban J connectivity index is 1.78. The summed E-state index contributed by atoms with van der Waals surface area (Å²) in [5, 5.41) is 4.16. The van der Waals surface area contributed by atoms with Gasteiger partial charge < -0.3 is 9.64 Å². The Labute approximate surface area is 98.1 Å². The molecule has 6 heteroatoms. The molecule has 92 valence electrons. The monoisotopic (exact) mass is 239 g/mol. The third kappa shape index (κ3) is 1.77. The number of fused-ring (bicyclic) bond motifs is 1. The average molecular weight is 239 g/mol. The summed E-state index contributed by atoms with van der Waals surface area (Å²) in [4.78, 5) is 13.6. The van der Waals surface area contributed by atoms with Gasteiger partial charge in [-0.3, -0.25) is 4.79 Å². The zero-order chi connectivity index (χ0) is 12.0. The summed E-state index contributed by atoms with van der Waals surface area (Å²) in [6, 6.07) is 1.63. The molecule has 0 aromatic carbocycles. The lowest BCUT2D eigenvalue weighted by Crippen LogP contribution is -2.32. The normalized spacial score (nSPS) is 27.1. The molecule has 1 saturated heterocycles. The molecule has 0 saturated carbocycles. The first-order valence-corrected chi connectivity index (χ1v) is 5.74. The highest BCUT2D eigenvalue weighted by atomic mass is 19.1. The third-order valence-corrected chi connectivity index (χ3v) is 3.23.